The van der Waals surface area contributed by atoms with Crippen LogP contribution in [0.2, 0.25) is 5.02 Å². The van der Waals surface area contributed by atoms with Crippen molar-refractivity contribution in [2.75, 3.05) is 45.3 Å². The third-order valence-electron chi connectivity index (χ3n) is 4.70. The highest BCUT2D eigenvalue weighted by atomic mass is 35.5. The summed E-state index contributed by atoms with van der Waals surface area (Å²) in [4.78, 5) is 5.66. The molecule has 0 aliphatic carbocycles. The Morgan fingerprint density at radius 1 is 1.10 bits per heavy atom. The molecule has 2 aromatic carbocycles. The minimum atomic E-state index is -4.77. The maximum absolute atomic E-state index is 13.9. The van der Waals surface area contributed by atoms with Gasteiger partial charge in [-0.1, -0.05) is 29.8 Å². The molecule has 0 radical (unpaired) electrons. The van der Waals surface area contributed by atoms with Gasteiger partial charge in [0.15, 0.2) is 5.71 Å². The number of anilines is 1. The van der Waals surface area contributed by atoms with Crippen molar-refractivity contribution in [3.63, 3.8) is 0 Å². The average Bonchev–Trinajstić information content (AvgIpc) is 2.72. The number of halogens is 4. The van der Waals surface area contributed by atoms with Gasteiger partial charge in [-0.25, -0.2) is 17.7 Å². The second kappa shape index (κ2) is 9.15. The molecule has 1 heterocycles. The first-order valence-corrected chi connectivity index (χ1v) is 11.1. The molecule has 0 aromatic heterocycles. The number of rotatable bonds is 5. The summed E-state index contributed by atoms with van der Waals surface area (Å²) in [6, 6.07) is 9.06. The SMILES string of the molecule is CN(C)S(=O)(=O)c1ccc(/C(=N/c2cccc(Cl)c2N2CCOCC2)C(F)(F)F)cc1. The van der Waals surface area contributed by atoms with E-state index in [1.165, 1.54) is 26.2 Å². The molecule has 1 saturated heterocycles. The van der Waals surface area contributed by atoms with Crippen LogP contribution in [0.5, 0.6) is 0 Å². The first kappa shape index (κ1) is 23.5. The van der Waals surface area contributed by atoms with Crippen molar-refractivity contribution in [1.29, 1.82) is 0 Å². The zero-order chi connectivity index (χ0) is 22.8. The molecule has 3 rings (SSSR count). The number of aliphatic imine (C=N–C) groups is 1. The fraction of sp³-hybridized carbons (Fsp3) is 0.350. The van der Waals surface area contributed by atoms with Gasteiger partial charge in [-0.05, 0) is 24.3 Å². The minimum Gasteiger partial charge on any atom is -0.378 e. The van der Waals surface area contributed by atoms with E-state index in [-0.39, 0.29) is 21.2 Å². The lowest BCUT2D eigenvalue weighted by Gasteiger charge is -2.30. The van der Waals surface area contributed by atoms with E-state index in [0.29, 0.717) is 32.0 Å². The first-order chi connectivity index (χ1) is 14.5. The van der Waals surface area contributed by atoms with Gasteiger partial charge in [0.2, 0.25) is 10.0 Å². The molecule has 11 heteroatoms. The van der Waals surface area contributed by atoms with Crippen LogP contribution in [0.15, 0.2) is 52.4 Å². The fourth-order valence-corrected chi connectivity index (χ4v) is 4.29. The van der Waals surface area contributed by atoms with E-state index in [1.807, 2.05) is 4.90 Å². The van der Waals surface area contributed by atoms with Crippen LogP contribution in [0.4, 0.5) is 24.5 Å². The van der Waals surface area contributed by atoms with E-state index in [4.69, 9.17) is 16.3 Å². The molecule has 6 nitrogen and oxygen atoms in total. The number of morpholine rings is 1. The first-order valence-electron chi connectivity index (χ1n) is 9.32. The molecule has 168 valence electrons. The quantitative estimate of drug-likeness (QED) is 0.611. The second-order valence-corrected chi connectivity index (χ2v) is 9.54. The highest BCUT2D eigenvalue weighted by Gasteiger charge is 2.37. The second-order valence-electron chi connectivity index (χ2n) is 6.98. The van der Waals surface area contributed by atoms with Crippen molar-refractivity contribution in [2.45, 2.75) is 11.1 Å². The van der Waals surface area contributed by atoms with Crippen molar-refractivity contribution in [3.05, 3.63) is 53.1 Å². The van der Waals surface area contributed by atoms with Crippen LogP contribution in [0.3, 0.4) is 0 Å². The van der Waals surface area contributed by atoms with Crippen LogP contribution in [0.1, 0.15) is 5.56 Å². The smallest absolute Gasteiger partial charge is 0.378 e. The molecular weight excluding hydrogens is 455 g/mol. The maximum Gasteiger partial charge on any atom is 0.433 e. The van der Waals surface area contributed by atoms with E-state index < -0.39 is 21.9 Å². The predicted octanol–water partition coefficient (Wildman–Crippen LogP) is 4.11. The molecule has 31 heavy (non-hydrogen) atoms. The number of sulfonamides is 1. The summed E-state index contributed by atoms with van der Waals surface area (Å²) in [5, 5.41) is 0.289. The van der Waals surface area contributed by atoms with Gasteiger partial charge in [-0.3, -0.25) is 0 Å². The van der Waals surface area contributed by atoms with Gasteiger partial charge in [0.05, 0.1) is 34.5 Å². The van der Waals surface area contributed by atoms with Crippen molar-refractivity contribution < 1.29 is 26.3 Å². The average molecular weight is 476 g/mol. The largest absolute Gasteiger partial charge is 0.433 e. The van der Waals surface area contributed by atoms with Gasteiger partial charge in [0.1, 0.15) is 0 Å². The lowest BCUT2D eigenvalue weighted by molar-refractivity contribution is -0.0579. The number of hydrogen-bond donors (Lipinski definition) is 0. The fourth-order valence-electron chi connectivity index (χ4n) is 3.10. The third-order valence-corrected chi connectivity index (χ3v) is 6.83. The van der Waals surface area contributed by atoms with Gasteiger partial charge in [-0.15, -0.1) is 0 Å². The summed E-state index contributed by atoms with van der Waals surface area (Å²) in [7, 11) is -1.07. The monoisotopic (exact) mass is 475 g/mol. The summed E-state index contributed by atoms with van der Waals surface area (Å²) in [5.74, 6) is 0. The lowest BCUT2D eigenvalue weighted by atomic mass is 10.1. The molecular formula is C20H21ClF3N3O3S. The molecule has 0 unspecified atom stereocenters. The molecule has 0 N–H and O–H groups in total. The Morgan fingerprint density at radius 3 is 2.26 bits per heavy atom. The molecule has 0 spiro atoms. The zero-order valence-electron chi connectivity index (χ0n) is 16.9. The van der Waals surface area contributed by atoms with E-state index in [0.717, 1.165) is 28.6 Å². The lowest BCUT2D eigenvalue weighted by Crippen LogP contribution is -2.36. The van der Waals surface area contributed by atoms with Crippen molar-refractivity contribution in [1.82, 2.24) is 4.31 Å². The highest BCUT2D eigenvalue weighted by molar-refractivity contribution is 7.89. The number of alkyl halides is 3. The summed E-state index contributed by atoms with van der Waals surface area (Å²) < 4.78 is 72.4. The van der Waals surface area contributed by atoms with Crippen LogP contribution >= 0.6 is 11.6 Å². The van der Waals surface area contributed by atoms with Gasteiger partial charge in [-0.2, -0.15) is 13.2 Å². The number of benzene rings is 2. The summed E-state index contributed by atoms with van der Waals surface area (Å²) in [6.07, 6.45) is -4.77. The van der Waals surface area contributed by atoms with Crippen LogP contribution in [-0.4, -0.2) is 65.0 Å². The Hall–Kier alpha value is -2.14. The highest BCUT2D eigenvalue weighted by Crippen LogP contribution is 2.38. The third kappa shape index (κ3) is 5.20. The Morgan fingerprint density at radius 2 is 1.71 bits per heavy atom. The van der Waals surface area contributed by atoms with Gasteiger partial charge in [0.25, 0.3) is 0 Å². The number of ether oxygens (including phenoxy) is 1. The van der Waals surface area contributed by atoms with Crippen molar-refractivity contribution >= 4 is 38.7 Å². The number of hydrogen-bond acceptors (Lipinski definition) is 5. The summed E-state index contributed by atoms with van der Waals surface area (Å²) in [5.41, 5.74) is -0.913. The van der Waals surface area contributed by atoms with Gasteiger partial charge in [0, 0.05) is 32.7 Å². The molecule has 2 aromatic rings. The molecule has 0 bridgehead atoms. The van der Waals surface area contributed by atoms with E-state index in [2.05, 4.69) is 4.99 Å². The number of nitrogens with zero attached hydrogens (tertiary/aromatic N) is 3. The molecule has 0 atom stereocenters. The van der Waals surface area contributed by atoms with Crippen LogP contribution in [-0.2, 0) is 14.8 Å². The molecule has 1 aliphatic rings. The minimum absolute atomic E-state index is 0.0757. The van der Waals surface area contributed by atoms with E-state index >= 15 is 0 Å². The van der Waals surface area contributed by atoms with Crippen molar-refractivity contribution in [3.8, 4) is 0 Å². The zero-order valence-corrected chi connectivity index (χ0v) is 18.4. The standard InChI is InChI=1S/C20H21ClF3N3O3S/c1-26(2)31(28,29)15-8-6-14(7-9-15)19(20(22,23)24)25-17-5-3-4-16(21)18(17)27-10-12-30-13-11-27/h3-9H,10-13H2,1-2H3/b25-19-. The Labute approximate surface area is 183 Å². The van der Waals surface area contributed by atoms with Crippen LogP contribution in [0.25, 0.3) is 0 Å². The molecule has 1 aliphatic heterocycles. The molecule has 0 amide bonds. The van der Waals surface area contributed by atoms with E-state index in [1.54, 1.807) is 6.07 Å². The summed E-state index contributed by atoms with van der Waals surface area (Å²) >= 11 is 6.30. The van der Waals surface area contributed by atoms with Crippen LogP contribution < -0.4 is 4.90 Å². The Balaban J connectivity index is 2.08. The van der Waals surface area contributed by atoms with Gasteiger partial charge < -0.3 is 9.64 Å². The van der Waals surface area contributed by atoms with Crippen LogP contribution in [0, 0.1) is 0 Å². The summed E-state index contributed by atoms with van der Waals surface area (Å²) in [6.45, 7) is 1.82. The Kier molecular flexibility index (Phi) is 6.95. The topological polar surface area (TPSA) is 62.2 Å². The number of para-hydroxylation sites is 1. The normalized spacial score (nSPS) is 16.1. The van der Waals surface area contributed by atoms with E-state index in [9.17, 15) is 21.6 Å². The maximum atomic E-state index is 13.9. The molecule has 0 saturated carbocycles. The van der Waals surface area contributed by atoms with Crippen molar-refractivity contribution in [2.24, 2.45) is 4.99 Å². The Bertz CT molecular complexity index is 1070. The molecule has 1 fully saturated rings. The van der Waals surface area contributed by atoms with Gasteiger partial charge >= 0.3 is 6.18 Å². The predicted molar refractivity (Wildman–Crippen MR) is 114 cm³/mol.